The van der Waals surface area contributed by atoms with Crippen LogP contribution >= 0.6 is 11.6 Å². The standard InChI is InChI=1S/C12H13ClN2/c1-14-8-9-4-5-10(11(13)7-9)12-3-2-6-15-12/h2-7,14-15H,8H2,1H3. The fourth-order valence-corrected chi connectivity index (χ4v) is 1.89. The van der Waals surface area contributed by atoms with Gasteiger partial charge >= 0.3 is 0 Å². The molecule has 0 unspecified atom stereocenters. The van der Waals surface area contributed by atoms with Crippen molar-refractivity contribution in [3.63, 3.8) is 0 Å². The van der Waals surface area contributed by atoms with E-state index >= 15 is 0 Å². The van der Waals surface area contributed by atoms with Crippen molar-refractivity contribution in [1.82, 2.24) is 10.3 Å². The Bertz CT molecular complexity index is 435. The molecule has 2 nitrogen and oxygen atoms in total. The number of nitrogens with one attached hydrogen (secondary N) is 2. The minimum atomic E-state index is 0.783. The number of aromatic amines is 1. The van der Waals surface area contributed by atoms with E-state index in [4.69, 9.17) is 11.6 Å². The van der Waals surface area contributed by atoms with E-state index in [0.29, 0.717) is 0 Å². The summed E-state index contributed by atoms with van der Waals surface area (Å²) in [5.41, 5.74) is 3.29. The van der Waals surface area contributed by atoms with Crippen LogP contribution in [0, 0.1) is 0 Å². The molecule has 0 spiro atoms. The Balaban J connectivity index is 2.35. The van der Waals surface area contributed by atoms with Crippen LogP contribution in [-0.2, 0) is 6.54 Å². The minimum Gasteiger partial charge on any atom is -0.361 e. The second kappa shape index (κ2) is 4.51. The van der Waals surface area contributed by atoms with Gasteiger partial charge in [0.15, 0.2) is 0 Å². The number of halogens is 1. The molecule has 0 atom stereocenters. The average molecular weight is 221 g/mol. The first-order valence-electron chi connectivity index (χ1n) is 4.88. The van der Waals surface area contributed by atoms with Gasteiger partial charge in [-0.3, -0.25) is 0 Å². The van der Waals surface area contributed by atoms with Crippen molar-refractivity contribution in [2.75, 3.05) is 7.05 Å². The van der Waals surface area contributed by atoms with Gasteiger partial charge < -0.3 is 10.3 Å². The quantitative estimate of drug-likeness (QED) is 0.818. The fourth-order valence-electron chi connectivity index (χ4n) is 1.59. The summed E-state index contributed by atoms with van der Waals surface area (Å²) < 4.78 is 0. The molecule has 0 saturated heterocycles. The second-order valence-electron chi connectivity index (χ2n) is 3.43. The van der Waals surface area contributed by atoms with E-state index in [9.17, 15) is 0 Å². The monoisotopic (exact) mass is 220 g/mol. The number of hydrogen-bond acceptors (Lipinski definition) is 1. The molecule has 2 rings (SSSR count). The molecule has 0 bridgehead atoms. The van der Waals surface area contributed by atoms with Gasteiger partial charge in [0.2, 0.25) is 0 Å². The van der Waals surface area contributed by atoms with E-state index in [0.717, 1.165) is 22.8 Å². The minimum absolute atomic E-state index is 0.783. The molecule has 1 heterocycles. The van der Waals surface area contributed by atoms with E-state index < -0.39 is 0 Å². The summed E-state index contributed by atoms with van der Waals surface area (Å²) in [6, 6.07) is 10.1. The number of aromatic nitrogens is 1. The highest BCUT2D eigenvalue weighted by molar-refractivity contribution is 6.33. The van der Waals surface area contributed by atoms with E-state index in [2.05, 4.69) is 16.4 Å². The lowest BCUT2D eigenvalue weighted by Crippen LogP contribution is -2.04. The SMILES string of the molecule is CNCc1ccc(-c2ccc[nH]2)c(Cl)c1. The molecular weight excluding hydrogens is 208 g/mol. The molecule has 0 aliphatic heterocycles. The summed E-state index contributed by atoms with van der Waals surface area (Å²) in [7, 11) is 1.92. The van der Waals surface area contributed by atoms with Crippen LogP contribution in [0.15, 0.2) is 36.5 Å². The smallest absolute Gasteiger partial charge is 0.0502 e. The molecule has 1 aromatic heterocycles. The zero-order chi connectivity index (χ0) is 10.7. The maximum Gasteiger partial charge on any atom is 0.0502 e. The van der Waals surface area contributed by atoms with Crippen LogP contribution in [0.3, 0.4) is 0 Å². The Hall–Kier alpha value is -1.25. The van der Waals surface area contributed by atoms with Crippen molar-refractivity contribution in [2.24, 2.45) is 0 Å². The van der Waals surface area contributed by atoms with Crippen molar-refractivity contribution in [2.45, 2.75) is 6.54 Å². The largest absolute Gasteiger partial charge is 0.361 e. The van der Waals surface area contributed by atoms with Crippen molar-refractivity contribution in [3.8, 4) is 11.3 Å². The van der Waals surface area contributed by atoms with Crippen molar-refractivity contribution < 1.29 is 0 Å². The van der Waals surface area contributed by atoms with Crippen LogP contribution < -0.4 is 5.32 Å². The molecule has 0 amide bonds. The Kier molecular flexibility index (Phi) is 3.09. The molecule has 78 valence electrons. The summed E-state index contributed by atoms with van der Waals surface area (Å²) in [5, 5.41) is 3.88. The second-order valence-corrected chi connectivity index (χ2v) is 3.84. The molecule has 15 heavy (non-hydrogen) atoms. The van der Waals surface area contributed by atoms with Crippen LogP contribution in [0.4, 0.5) is 0 Å². The van der Waals surface area contributed by atoms with Crippen molar-refractivity contribution in [1.29, 1.82) is 0 Å². The van der Waals surface area contributed by atoms with Crippen LogP contribution in [-0.4, -0.2) is 12.0 Å². The molecule has 0 saturated carbocycles. The van der Waals surface area contributed by atoms with Gasteiger partial charge in [0, 0.05) is 24.0 Å². The molecule has 2 N–H and O–H groups in total. The molecule has 0 fully saturated rings. The Morgan fingerprint density at radius 1 is 1.33 bits per heavy atom. The first kappa shape index (κ1) is 10.3. The van der Waals surface area contributed by atoms with E-state index in [1.165, 1.54) is 5.56 Å². The number of H-pyrrole nitrogens is 1. The molecule has 2 aromatic rings. The first-order chi connectivity index (χ1) is 7.31. The highest BCUT2D eigenvalue weighted by Gasteiger charge is 2.04. The van der Waals surface area contributed by atoms with E-state index in [1.807, 2.05) is 37.5 Å². The predicted molar refractivity (Wildman–Crippen MR) is 64.0 cm³/mol. The van der Waals surface area contributed by atoms with E-state index in [1.54, 1.807) is 0 Å². The normalized spacial score (nSPS) is 10.5. The molecule has 0 aliphatic rings. The van der Waals surface area contributed by atoms with Crippen LogP contribution in [0.25, 0.3) is 11.3 Å². The fraction of sp³-hybridized carbons (Fsp3) is 0.167. The Morgan fingerprint density at radius 3 is 2.80 bits per heavy atom. The lowest BCUT2D eigenvalue weighted by atomic mass is 10.1. The highest BCUT2D eigenvalue weighted by atomic mass is 35.5. The lowest BCUT2D eigenvalue weighted by Gasteiger charge is -2.05. The summed E-state index contributed by atoms with van der Waals surface area (Å²) in [6.45, 7) is 0.838. The maximum absolute atomic E-state index is 6.21. The lowest BCUT2D eigenvalue weighted by molar-refractivity contribution is 0.818. The Morgan fingerprint density at radius 2 is 2.20 bits per heavy atom. The van der Waals surface area contributed by atoms with Gasteiger partial charge in [-0.15, -0.1) is 0 Å². The third kappa shape index (κ3) is 2.22. The summed E-state index contributed by atoms with van der Waals surface area (Å²) in [5.74, 6) is 0. The highest BCUT2D eigenvalue weighted by Crippen LogP contribution is 2.27. The summed E-state index contributed by atoms with van der Waals surface area (Å²) >= 11 is 6.21. The zero-order valence-electron chi connectivity index (χ0n) is 8.55. The number of benzene rings is 1. The van der Waals surface area contributed by atoms with Gasteiger partial charge in [-0.2, -0.15) is 0 Å². The topological polar surface area (TPSA) is 27.8 Å². The number of hydrogen-bond donors (Lipinski definition) is 2. The molecular formula is C12H13ClN2. The van der Waals surface area contributed by atoms with Gasteiger partial charge in [-0.05, 0) is 30.8 Å². The van der Waals surface area contributed by atoms with Gasteiger partial charge in [0.25, 0.3) is 0 Å². The third-order valence-electron chi connectivity index (χ3n) is 2.30. The molecule has 0 radical (unpaired) electrons. The zero-order valence-corrected chi connectivity index (χ0v) is 9.31. The van der Waals surface area contributed by atoms with Crippen LogP contribution in [0.1, 0.15) is 5.56 Å². The first-order valence-corrected chi connectivity index (χ1v) is 5.26. The van der Waals surface area contributed by atoms with Crippen LogP contribution in [0.2, 0.25) is 5.02 Å². The number of rotatable bonds is 3. The molecule has 0 aliphatic carbocycles. The third-order valence-corrected chi connectivity index (χ3v) is 2.62. The van der Waals surface area contributed by atoms with Crippen molar-refractivity contribution in [3.05, 3.63) is 47.1 Å². The van der Waals surface area contributed by atoms with Gasteiger partial charge in [0.05, 0.1) is 5.02 Å². The predicted octanol–water partition coefficient (Wildman–Crippen LogP) is 3.05. The summed E-state index contributed by atoms with van der Waals surface area (Å²) in [4.78, 5) is 3.15. The molecule has 3 heteroatoms. The van der Waals surface area contributed by atoms with Gasteiger partial charge in [-0.1, -0.05) is 23.7 Å². The van der Waals surface area contributed by atoms with Crippen molar-refractivity contribution >= 4 is 11.6 Å². The summed E-state index contributed by atoms with van der Waals surface area (Å²) in [6.07, 6.45) is 1.90. The van der Waals surface area contributed by atoms with Gasteiger partial charge in [-0.25, -0.2) is 0 Å². The van der Waals surface area contributed by atoms with E-state index in [-0.39, 0.29) is 0 Å². The maximum atomic E-state index is 6.21. The van der Waals surface area contributed by atoms with Gasteiger partial charge in [0.1, 0.15) is 0 Å². The Labute approximate surface area is 94.3 Å². The van der Waals surface area contributed by atoms with Crippen LogP contribution in [0.5, 0.6) is 0 Å². The molecule has 1 aromatic carbocycles. The average Bonchev–Trinajstić information content (AvgIpc) is 2.71.